The molecule has 7 nitrogen and oxygen atoms in total. The predicted molar refractivity (Wildman–Crippen MR) is 132 cm³/mol. The molecule has 0 atom stereocenters. The van der Waals surface area contributed by atoms with Gasteiger partial charge in [-0.1, -0.05) is 18.2 Å². The van der Waals surface area contributed by atoms with Crippen LogP contribution in [0.3, 0.4) is 0 Å². The third kappa shape index (κ3) is 6.11. The number of amides is 1. The SMILES string of the molecule is COc1ccc(C(=O)Oc2c(I)cc(/C=C(\C#N)C(=O)Nc3ccccc3)cc2OC)cc1. The number of ether oxygens (including phenoxy) is 3. The van der Waals surface area contributed by atoms with E-state index in [0.29, 0.717) is 26.1 Å². The van der Waals surface area contributed by atoms with E-state index in [1.165, 1.54) is 13.2 Å². The molecule has 0 aliphatic heterocycles. The normalized spacial score (nSPS) is 10.7. The third-order valence-corrected chi connectivity index (χ3v) is 5.28. The molecule has 3 aromatic rings. The number of nitriles is 1. The molecule has 1 N–H and O–H groups in total. The Labute approximate surface area is 204 Å². The molecule has 33 heavy (non-hydrogen) atoms. The van der Waals surface area contributed by atoms with Crippen molar-refractivity contribution in [1.82, 2.24) is 0 Å². The number of halogens is 1. The largest absolute Gasteiger partial charge is 0.497 e. The monoisotopic (exact) mass is 554 g/mol. The Bertz CT molecular complexity index is 1230. The molecule has 0 fully saturated rings. The Kier molecular flexibility index (Phi) is 8.05. The molecule has 0 radical (unpaired) electrons. The molecule has 0 aromatic heterocycles. The van der Waals surface area contributed by atoms with Crippen molar-refractivity contribution < 1.29 is 23.8 Å². The van der Waals surface area contributed by atoms with Gasteiger partial charge >= 0.3 is 5.97 Å². The van der Waals surface area contributed by atoms with Gasteiger partial charge in [0.2, 0.25) is 0 Å². The molecule has 0 aliphatic carbocycles. The first-order valence-corrected chi connectivity index (χ1v) is 10.7. The maximum Gasteiger partial charge on any atom is 0.343 e. The number of esters is 1. The molecule has 1 amide bonds. The highest BCUT2D eigenvalue weighted by Gasteiger charge is 2.18. The number of nitrogens with one attached hydrogen (secondary N) is 1. The van der Waals surface area contributed by atoms with Crippen molar-refractivity contribution in [3.63, 3.8) is 0 Å². The van der Waals surface area contributed by atoms with Gasteiger partial charge in [0.15, 0.2) is 11.5 Å². The molecule has 3 aromatic carbocycles. The van der Waals surface area contributed by atoms with Crippen LogP contribution in [0.4, 0.5) is 5.69 Å². The van der Waals surface area contributed by atoms with E-state index < -0.39 is 11.9 Å². The van der Waals surface area contributed by atoms with Crippen LogP contribution in [0.25, 0.3) is 6.08 Å². The first-order valence-electron chi connectivity index (χ1n) is 9.67. The molecule has 166 valence electrons. The quantitative estimate of drug-likeness (QED) is 0.144. The number of rotatable bonds is 7. The Balaban J connectivity index is 1.84. The summed E-state index contributed by atoms with van der Waals surface area (Å²) in [6, 6.07) is 20.6. The second-order valence-electron chi connectivity index (χ2n) is 6.64. The fraction of sp³-hybridized carbons (Fsp3) is 0.0800. The van der Waals surface area contributed by atoms with Crippen LogP contribution in [0.1, 0.15) is 15.9 Å². The van der Waals surface area contributed by atoms with Gasteiger partial charge in [-0.3, -0.25) is 4.79 Å². The van der Waals surface area contributed by atoms with Crippen molar-refractivity contribution in [3.05, 3.63) is 87.0 Å². The summed E-state index contributed by atoms with van der Waals surface area (Å²) < 4.78 is 16.6. The number of benzene rings is 3. The molecule has 0 saturated heterocycles. The van der Waals surface area contributed by atoms with Gasteiger partial charge in [-0.05, 0) is 82.8 Å². The van der Waals surface area contributed by atoms with Crippen molar-refractivity contribution in [2.75, 3.05) is 19.5 Å². The number of carbonyl (C=O) groups is 2. The second-order valence-corrected chi connectivity index (χ2v) is 7.80. The van der Waals surface area contributed by atoms with E-state index in [2.05, 4.69) is 5.32 Å². The van der Waals surface area contributed by atoms with Crippen LogP contribution < -0.4 is 19.5 Å². The fourth-order valence-electron chi connectivity index (χ4n) is 2.84. The second kappa shape index (κ2) is 11.2. The third-order valence-electron chi connectivity index (χ3n) is 4.48. The number of methoxy groups -OCH3 is 2. The minimum absolute atomic E-state index is 0.0836. The Morgan fingerprint density at radius 2 is 1.70 bits per heavy atom. The summed E-state index contributed by atoms with van der Waals surface area (Å²) in [5.74, 6) is 0.0586. The maximum atomic E-state index is 12.6. The molecule has 0 spiro atoms. The van der Waals surface area contributed by atoms with Crippen molar-refractivity contribution in [3.8, 4) is 23.3 Å². The smallest absolute Gasteiger partial charge is 0.343 e. The highest BCUT2D eigenvalue weighted by atomic mass is 127. The zero-order valence-corrected chi connectivity index (χ0v) is 20.0. The summed E-state index contributed by atoms with van der Waals surface area (Å²) in [6.07, 6.45) is 1.44. The van der Waals surface area contributed by atoms with Gasteiger partial charge in [-0.15, -0.1) is 0 Å². The lowest BCUT2D eigenvalue weighted by atomic mass is 10.1. The van der Waals surface area contributed by atoms with Gasteiger partial charge in [-0.2, -0.15) is 5.26 Å². The van der Waals surface area contributed by atoms with Crippen molar-refractivity contribution in [2.24, 2.45) is 0 Å². The lowest BCUT2D eigenvalue weighted by Crippen LogP contribution is -2.13. The van der Waals surface area contributed by atoms with Crippen molar-refractivity contribution in [1.29, 1.82) is 5.26 Å². The summed E-state index contributed by atoms with van der Waals surface area (Å²) in [7, 11) is 2.98. The predicted octanol–water partition coefficient (Wildman–Crippen LogP) is 5.07. The summed E-state index contributed by atoms with van der Waals surface area (Å²) >= 11 is 2.00. The summed E-state index contributed by atoms with van der Waals surface area (Å²) in [4.78, 5) is 25.1. The zero-order chi connectivity index (χ0) is 23.8. The molecule has 0 aliphatic rings. The Hall–Kier alpha value is -3.84. The van der Waals surface area contributed by atoms with E-state index in [0.717, 1.165) is 0 Å². The molecular weight excluding hydrogens is 535 g/mol. The maximum absolute atomic E-state index is 12.6. The van der Waals surface area contributed by atoms with Crippen LogP contribution in [0, 0.1) is 14.9 Å². The van der Waals surface area contributed by atoms with E-state index in [-0.39, 0.29) is 17.1 Å². The Morgan fingerprint density at radius 1 is 1.00 bits per heavy atom. The minimum atomic E-state index is -0.558. The van der Waals surface area contributed by atoms with Gasteiger partial charge in [0, 0.05) is 5.69 Å². The minimum Gasteiger partial charge on any atom is -0.497 e. The van der Waals surface area contributed by atoms with Crippen LogP contribution >= 0.6 is 22.6 Å². The van der Waals surface area contributed by atoms with Gasteiger partial charge in [0.25, 0.3) is 5.91 Å². The van der Waals surface area contributed by atoms with Crippen LogP contribution in [0.15, 0.2) is 72.3 Å². The van der Waals surface area contributed by atoms with Crippen LogP contribution in [0.2, 0.25) is 0 Å². The van der Waals surface area contributed by atoms with Crippen molar-refractivity contribution in [2.45, 2.75) is 0 Å². The highest BCUT2D eigenvalue weighted by Crippen LogP contribution is 2.35. The molecule has 3 rings (SSSR count). The summed E-state index contributed by atoms with van der Waals surface area (Å²) in [6.45, 7) is 0. The van der Waals surface area contributed by atoms with Gasteiger partial charge in [0.1, 0.15) is 17.4 Å². The van der Waals surface area contributed by atoms with E-state index in [4.69, 9.17) is 14.2 Å². The van der Waals surface area contributed by atoms with E-state index in [1.54, 1.807) is 67.8 Å². The summed E-state index contributed by atoms with van der Waals surface area (Å²) in [5, 5.41) is 12.2. The molecule has 0 saturated carbocycles. The highest BCUT2D eigenvalue weighted by molar-refractivity contribution is 14.1. The lowest BCUT2D eigenvalue weighted by Gasteiger charge is -2.13. The zero-order valence-electron chi connectivity index (χ0n) is 17.8. The average molecular weight is 554 g/mol. The lowest BCUT2D eigenvalue weighted by molar-refractivity contribution is -0.112. The van der Waals surface area contributed by atoms with Gasteiger partial charge in [0.05, 0.1) is 23.4 Å². The number of carbonyl (C=O) groups excluding carboxylic acids is 2. The van der Waals surface area contributed by atoms with Crippen LogP contribution in [-0.2, 0) is 4.79 Å². The summed E-state index contributed by atoms with van der Waals surface area (Å²) in [5.41, 5.74) is 1.39. The molecule has 0 heterocycles. The molecular formula is C25H19IN2O5. The Morgan fingerprint density at radius 3 is 2.30 bits per heavy atom. The average Bonchev–Trinajstić information content (AvgIpc) is 2.84. The molecule has 8 heteroatoms. The van der Waals surface area contributed by atoms with Gasteiger partial charge < -0.3 is 19.5 Å². The topological polar surface area (TPSA) is 97.7 Å². The molecule has 0 bridgehead atoms. The number of para-hydroxylation sites is 1. The standard InChI is InChI=1S/C25H19IN2O5/c1-31-20-10-8-17(9-11-20)25(30)33-23-21(26)13-16(14-22(23)32-2)12-18(15-27)24(29)28-19-6-4-3-5-7-19/h3-14H,1-2H3,(H,28,29)/b18-12+. The number of nitrogens with zero attached hydrogens (tertiary/aromatic N) is 1. The number of hydrogen-bond donors (Lipinski definition) is 1. The first-order chi connectivity index (χ1) is 15.9. The number of anilines is 1. The van der Waals surface area contributed by atoms with E-state index in [9.17, 15) is 14.9 Å². The van der Waals surface area contributed by atoms with Crippen LogP contribution in [-0.4, -0.2) is 26.1 Å². The number of hydrogen-bond acceptors (Lipinski definition) is 6. The van der Waals surface area contributed by atoms with E-state index in [1.807, 2.05) is 34.7 Å². The van der Waals surface area contributed by atoms with Crippen LogP contribution in [0.5, 0.6) is 17.2 Å². The first kappa shape index (κ1) is 23.8. The van der Waals surface area contributed by atoms with Crippen molar-refractivity contribution >= 4 is 46.2 Å². The fourth-order valence-corrected chi connectivity index (χ4v) is 3.57. The molecule has 0 unspecified atom stereocenters. The van der Waals surface area contributed by atoms with Gasteiger partial charge in [-0.25, -0.2) is 4.79 Å². The van der Waals surface area contributed by atoms with E-state index >= 15 is 0 Å².